The average molecular weight is 513 g/mol. The standard InChI is InChI=1S/C27H26ClFN2O5/c1-27(2,26(33)34)16-8-11-21(29)22(12-16)30-25(32)19-10-9-17(13-20(19)28)35-15-18-14-31(3)23-6-4-5-7-24(23)36-18/h4-13,18H,14-15H2,1-3H3,(H,30,32)(H,33,34)/t18-/m0/s1. The molecule has 1 atom stereocenters. The summed E-state index contributed by atoms with van der Waals surface area (Å²) in [5, 5.41) is 12.0. The third kappa shape index (κ3) is 5.23. The molecule has 0 aromatic heterocycles. The molecule has 9 heteroatoms. The quantitative estimate of drug-likeness (QED) is 0.442. The number of aliphatic carboxylic acids is 1. The van der Waals surface area contributed by atoms with E-state index in [1.165, 1.54) is 38.1 Å². The number of carboxylic acids is 1. The van der Waals surface area contributed by atoms with Crippen molar-refractivity contribution in [1.29, 1.82) is 0 Å². The second kappa shape index (κ2) is 10.1. The number of carbonyl (C=O) groups excluding carboxylic acids is 1. The van der Waals surface area contributed by atoms with Crippen molar-refractivity contribution in [2.24, 2.45) is 0 Å². The molecule has 3 aromatic carbocycles. The molecule has 0 saturated heterocycles. The highest BCUT2D eigenvalue weighted by Gasteiger charge is 2.30. The zero-order valence-corrected chi connectivity index (χ0v) is 20.8. The lowest BCUT2D eigenvalue weighted by atomic mass is 9.84. The number of nitrogens with one attached hydrogen (secondary N) is 1. The Bertz CT molecular complexity index is 1310. The predicted molar refractivity (Wildman–Crippen MR) is 136 cm³/mol. The van der Waals surface area contributed by atoms with Gasteiger partial charge in [-0.1, -0.05) is 29.8 Å². The summed E-state index contributed by atoms with van der Waals surface area (Å²) in [5.41, 5.74) is 0.0827. The fraction of sp³-hybridized carbons (Fsp3) is 0.259. The number of rotatable bonds is 7. The molecule has 0 radical (unpaired) electrons. The van der Waals surface area contributed by atoms with Gasteiger partial charge in [-0.3, -0.25) is 9.59 Å². The van der Waals surface area contributed by atoms with Crippen LogP contribution in [-0.4, -0.2) is 43.3 Å². The van der Waals surface area contributed by atoms with Gasteiger partial charge in [-0.2, -0.15) is 0 Å². The molecular weight excluding hydrogens is 487 g/mol. The summed E-state index contributed by atoms with van der Waals surface area (Å²) in [6.45, 7) is 3.92. The molecule has 0 spiro atoms. The minimum Gasteiger partial charge on any atom is -0.490 e. The Labute approximate surface area is 213 Å². The van der Waals surface area contributed by atoms with Crippen molar-refractivity contribution in [3.8, 4) is 11.5 Å². The molecule has 0 unspecified atom stereocenters. The molecule has 0 bridgehead atoms. The monoisotopic (exact) mass is 512 g/mol. The maximum Gasteiger partial charge on any atom is 0.313 e. The number of likely N-dealkylation sites (N-methyl/N-ethyl adjacent to an activating group) is 1. The average Bonchev–Trinajstić information content (AvgIpc) is 2.84. The first-order valence-electron chi connectivity index (χ1n) is 11.3. The summed E-state index contributed by atoms with van der Waals surface area (Å²) < 4.78 is 26.2. The summed E-state index contributed by atoms with van der Waals surface area (Å²) >= 11 is 6.34. The Morgan fingerprint density at radius 1 is 1.19 bits per heavy atom. The molecule has 7 nitrogen and oxygen atoms in total. The number of carboxylic acid groups (broad SMARTS) is 1. The van der Waals surface area contributed by atoms with E-state index in [9.17, 15) is 19.1 Å². The molecule has 2 N–H and O–H groups in total. The number of hydrogen-bond donors (Lipinski definition) is 2. The zero-order valence-electron chi connectivity index (χ0n) is 20.0. The van der Waals surface area contributed by atoms with Gasteiger partial charge >= 0.3 is 5.97 Å². The first kappa shape index (κ1) is 25.3. The van der Waals surface area contributed by atoms with Crippen molar-refractivity contribution >= 4 is 34.9 Å². The van der Waals surface area contributed by atoms with Crippen LogP contribution in [-0.2, 0) is 10.2 Å². The number of amides is 1. The number of para-hydroxylation sites is 2. The summed E-state index contributed by atoms with van der Waals surface area (Å²) in [4.78, 5) is 26.4. The van der Waals surface area contributed by atoms with E-state index in [2.05, 4.69) is 10.2 Å². The molecule has 36 heavy (non-hydrogen) atoms. The van der Waals surface area contributed by atoms with E-state index in [0.717, 1.165) is 17.5 Å². The molecule has 4 rings (SSSR count). The number of benzene rings is 3. The highest BCUT2D eigenvalue weighted by atomic mass is 35.5. The van der Waals surface area contributed by atoms with Crippen molar-refractivity contribution in [3.05, 3.63) is 82.6 Å². The van der Waals surface area contributed by atoms with Crippen LogP contribution in [0.1, 0.15) is 29.8 Å². The summed E-state index contributed by atoms with van der Waals surface area (Å²) in [5.74, 6) is -1.15. The Kier molecular flexibility index (Phi) is 7.08. The fourth-order valence-corrected chi connectivity index (χ4v) is 4.12. The van der Waals surface area contributed by atoms with Gasteiger partial charge in [0.1, 0.15) is 30.0 Å². The number of hydrogen-bond acceptors (Lipinski definition) is 5. The molecule has 0 aliphatic carbocycles. The van der Waals surface area contributed by atoms with Crippen molar-refractivity contribution in [2.75, 3.05) is 30.4 Å². The highest BCUT2D eigenvalue weighted by molar-refractivity contribution is 6.34. The molecule has 3 aromatic rings. The first-order chi connectivity index (χ1) is 17.1. The van der Waals surface area contributed by atoms with Gasteiger partial charge in [-0.25, -0.2) is 4.39 Å². The molecule has 1 amide bonds. The third-order valence-corrected chi connectivity index (χ3v) is 6.45. The minimum absolute atomic E-state index is 0.119. The van der Waals surface area contributed by atoms with E-state index in [0.29, 0.717) is 17.9 Å². The fourth-order valence-electron chi connectivity index (χ4n) is 3.86. The SMILES string of the molecule is CN1C[C@@H](COc2ccc(C(=O)Nc3cc(C(C)(C)C(=O)O)ccc3F)c(Cl)c2)Oc2ccccc21. The van der Waals surface area contributed by atoms with Crippen LogP contribution < -0.4 is 19.7 Å². The maximum atomic E-state index is 14.4. The maximum absolute atomic E-state index is 14.4. The Morgan fingerprint density at radius 2 is 1.94 bits per heavy atom. The van der Waals surface area contributed by atoms with Gasteiger partial charge in [-0.15, -0.1) is 0 Å². The van der Waals surface area contributed by atoms with Crippen LogP contribution in [0, 0.1) is 5.82 Å². The Morgan fingerprint density at radius 3 is 2.67 bits per heavy atom. The smallest absolute Gasteiger partial charge is 0.313 e. The van der Waals surface area contributed by atoms with Gasteiger partial charge in [-0.05, 0) is 61.9 Å². The number of fused-ring (bicyclic) bond motifs is 1. The third-order valence-electron chi connectivity index (χ3n) is 6.14. The van der Waals surface area contributed by atoms with E-state index >= 15 is 0 Å². The van der Waals surface area contributed by atoms with Gasteiger partial charge in [0.05, 0.1) is 33.9 Å². The van der Waals surface area contributed by atoms with Crippen molar-refractivity contribution in [2.45, 2.75) is 25.4 Å². The molecule has 0 fully saturated rings. The lowest BCUT2D eigenvalue weighted by Crippen LogP contribution is -2.41. The number of carbonyl (C=O) groups is 2. The van der Waals surface area contributed by atoms with Crippen LogP contribution in [0.25, 0.3) is 0 Å². The Balaban J connectivity index is 1.43. The normalized spacial score (nSPS) is 15.0. The minimum atomic E-state index is -1.26. The first-order valence-corrected chi connectivity index (χ1v) is 11.7. The van der Waals surface area contributed by atoms with Crippen molar-refractivity contribution in [3.63, 3.8) is 0 Å². The van der Waals surface area contributed by atoms with E-state index in [1.807, 2.05) is 31.3 Å². The van der Waals surface area contributed by atoms with Crippen molar-refractivity contribution < 1.29 is 28.6 Å². The number of ether oxygens (including phenoxy) is 2. The summed E-state index contributed by atoms with van der Waals surface area (Å²) in [7, 11) is 1.99. The van der Waals surface area contributed by atoms with Crippen LogP contribution in [0.15, 0.2) is 60.7 Å². The molecule has 188 valence electrons. The lowest BCUT2D eigenvalue weighted by molar-refractivity contribution is -0.142. The van der Waals surface area contributed by atoms with Crippen LogP contribution in [0.4, 0.5) is 15.8 Å². The zero-order chi connectivity index (χ0) is 26.0. The second-order valence-corrected chi connectivity index (χ2v) is 9.53. The van der Waals surface area contributed by atoms with Gasteiger partial charge in [0.2, 0.25) is 0 Å². The van der Waals surface area contributed by atoms with Gasteiger partial charge in [0.15, 0.2) is 0 Å². The van der Waals surface area contributed by atoms with Gasteiger partial charge < -0.3 is 24.8 Å². The summed E-state index contributed by atoms with van der Waals surface area (Å²) in [6.07, 6.45) is -0.197. The predicted octanol–water partition coefficient (Wildman–Crippen LogP) is 5.37. The molecular formula is C27H26ClFN2O5. The Hall–Kier alpha value is -3.78. The van der Waals surface area contributed by atoms with Crippen molar-refractivity contribution in [1.82, 2.24) is 0 Å². The van der Waals surface area contributed by atoms with E-state index in [4.69, 9.17) is 21.1 Å². The van der Waals surface area contributed by atoms with Crippen LogP contribution in [0.2, 0.25) is 5.02 Å². The molecule has 1 aliphatic rings. The lowest BCUT2D eigenvalue weighted by Gasteiger charge is -2.33. The van der Waals surface area contributed by atoms with E-state index in [-0.39, 0.29) is 29.0 Å². The van der Waals surface area contributed by atoms with Crippen LogP contribution in [0.3, 0.4) is 0 Å². The van der Waals surface area contributed by atoms with Crippen LogP contribution in [0.5, 0.6) is 11.5 Å². The van der Waals surface area contributed by atoms with E-state index < -0.39 is 23.1 Å². The largest absolute Gasteiger partial charge is 0.490 e. The van der Waals surface area contributed by atoms with Gasteiger partial charge in [0.25, 0.3) is 5.91 Å². The number of nitrogens with zero attached hydrogens (tertiary/aromatic N) is 1. The topological polar surface area (TPSA) is 88.1 Å². The summed E-state index contributed by atoms with van der Waals surface area (Å²) in [6, 6.07) is 16.2. The number of anilines is 2. The molecule has 0 saturated carbocycles. The van der Waals surface area contributed by atoms with E-state index in [1.54, 1.807) is 6.07 Å². The molecule has 1 heterocycles. The highest BCUT2D eigenvalue weighted by Crippen LogP contribution is 2.33. The van der Waals surface area contributed by atoms with Crippen LogP contribution >= 0.6 is 11.6 Å². The number of halogens is 2. The van der Waals surface area contributed by atoms with Gasteiger partial charge in [0, 0.05) is 7.05 Å². The second-order valence-electron chi connectivity index (χ2n) is 9.12. The molecule has 1 aliphatic heterocycles.